The Balaban J connectivity index is 2.08. The summed E-state index contributed by atoms with van der Waals surface area (Å²) in [5.74, 6) is 0. The number of hydrogen-bond donors (Lipinski definition) is 2. The molecular formula is C19H25N3S. The van der Waals surface area contributed by atoms with E-state index in [-0.39, 0.29) is 6.04 Å². The van der Waals surface area contributed by atoms with Crippen LogP contribution in [0.4, 0.5) is 5.69 Å². The van der Waals surface area contributed by atoms with Crippen LogP contribution in [0.5, 0.6) is 0 Å². The van der Waals surface area contributed by atoms with Gasteiger partial charge in [0.1, 0.15) is 0 Å². The van der Waals surface area contributed by atoms with Gasteiger partial charge in [-0.05, 0) is 69.0 Å². The highest BCUT2D eigenvalue weighted by atomic mass is 32.1. The maximum Gasteiger partial charge on any atom is 0.171 e. The first-order chi connectivity index (χ1) is 10.9. The average molecular weight is 327 g/mol. The SMILES string of the molecule is Cc1cc(C)cc(NC(=S)N[C@H](CN(C)C)c2ccccc2)c1. The lowest BCUT2D eigenvalue weighted by molar-refractivity contribution is 0.363. The molecule has 0 aliphatic rings. The molecule has 0 saturated carbocycles. The zero-order chi connectivity index (χ0) is 16.8. The topological polar surface area (TPSA) is 27.3 Å². The van der Waals surface area contributed by atoms with Crippen molar-refractivity contribution in [3.05, 3.63) is 65.2 Å². The number of likely N-dealkylation sites (N-methyl/N-ethyl adjacent to an activating group) is 1. The molecule has 0 saturated heterocycles. The zero-order valence-electron chi connectivity index (χ0n) is 14.3. The van der Waals surface area contributed by atoms with Crippen molar-refractivity contribution in [1.82, 2.24) is 10.2 Å². The van der Waals surface area contributed by atoms with Crippen molar-refractivity contribution < 1.29 is 0 Å². The first kappa shape index (κ1) is 17.4. The number of nitrogens with one attached hydrogen (secondary N) is 2. The molecule has 122 valence electrons. The standard InChI is InChI=1S/C19H25N3S/c1-14-10-15(2)12-17(11-14)20-19(23)21-18(13-22(3)4)16-8-6-5-7-9-16/h5-12,18H,13H2,1-4H3,(H2,20,21,23)/t18-/m1/s1. The lowest BCUT2D eigenvalue weighted by Crippen LogP contribution is -2.37. The van der Waals surface area contributed by atoms with Crippen molar-refractivity contribution in [2.24, 2.45) is 0 Å². The predicted octanol–water partition coefficient (Wildman–Crippen LogP) is 3.89. The number of aryl methyl sites for hydroxylation is 2. The first-order valence-electron chi connectivity index (χ1n) is 7.79. The van der Waals surface area contributed by atoms with Crippen molar-refractivity contribution in [1.29, 1.82) is 0 Å². The van der Waals surface area contributed by atoms with Crippen molar-refractivity contribution >= 4 is 23.0 Å². The fourth-order valence-electron chi connectivity index (χ4n) is 2.66. The highest BCUT2D eigenvalue weighted by molar-refractivity contribution is 7.80. The van der Waals surface area contributed by atoms with Gasteiger partial charge in [0.25, 0.3) is 0 Å². The summed E-state index contributed by atoms with van der Waals surface area (Å²) >= 11 is 5.51. The normalized spacial score (nSPS) is 12.0. The molecule has 0 heterocycles. The minimum absolute atomic E-state index is 0.150. The third-order valence-electron chi connectivity index (χ3n) is 3.53. The Labute approximate surface area is 144 Å². The Morgan fingerprint density at radius 2 is 1.65 bits per heavy atom. The third-order valence-corrected chi connectivity index (χ3v) is 3.75. The van der Waals surface area contributed by atoms with E-state index in [1.807, 2.05) is 6.07 Å². The van der Waals surface area contributed by atoms with Crippen LogP contribution < -0.4 is 10.6 Å². The van der Waals surface area contributed by atoms with Gasteiger partial charge in [-0.25, -0.2) is 0 Å². The van der Waals surface area contributed by atoms with Crippen LogP contribution in [0.25, 0.3) is 0 Å². The fourth-order valence-corrected chi connectivity index (χ4v) is 2.92. The molecule has 0 unspecified atom stereocenters. The highest BCUT2D eigenvalue weighted by Crippen LogP contribution is 2.16. The number of rotatable bonds is 5. The molecule has 3 nitrogen and oxygen atoms in total. The molecule has 2 N–H and O–H groups in total. The summed E-state index contributed by atoms with van der Waals surface area (Å²) in [6.07, 6.45) is 0. The monoisotopic (exact) mass is 327 g/mol. The maximum atomic E-state index is 5.51. The lowest BCUT2D eigenvalue weighted by atomic mass is 10.1. The van der Waals surface area contributed by atoms with Gasteiger partial charge in [0.2, 0.25) is 0 Å². The fraction of sp³-hybridized carbons (Fsp3) is 0.316. The lowest BCUT2D eigenvalue weighted by Gasteiger charge is -2.24. The molecule has 0 bridgehead atoms. The molecule has 23 heavy (non-hydrogen) atoms. The van der Waals surface area contributed by atoms with Crippen LogP contribution >= 0.6 is 12.2 Å². The number of thiocarbonyl (C=S) groups is 1. The zero-order valence-corrected chi connectivity index (χ0v) is 15.1. The Morgan fingerprint density at radius 1 is 1.04 bits per heavy atom. The van der Waals surface area contributed by atoms with Gasteiger partial charge in [-0.15, -0.1) is 0 Å². The van der Waals surface area contributed by atoms with E-state index in [2.05, 4.69) is 85.9 Å². The molecule has 0 aliphatic carbocycles. The minimum atomic E-state index is 0.150. The van der Waals surface area contributed by atoms with Gasteiger partial charge in [0.05, 0.1) is 6.04 Å². The molecular weight excluding hydrogens is 302 g/mol. The Morgan fingerprint density at radius 3 is 2.22 bits per heavy atom. The molecule has 0 aliphatic heterocycles. The third kappa shape index (κ3) is 5.66. The summed E-state index contributed by atoms with van der Waals surface area (Å²) in [6.45, 7) is 5.06. The van der Waals surface area contributed by atoms with Crippen LogP contribution in [0.1, 0.15) is 22.7 Å². The van der Waals surface area contributed by atoms with Gasteiger partial charge in [0.15, 0.2) is 5.11 Å². The predicted molar refractivity (Wildman–Crippen MR) is 103 cm³/mol. The second kappa shape index (κ2) is 8.09. The Hall–Kier alpha value is -1.91. The number of hydrogen-bond acceptors (Lipinski definition) is 2. The summed E-state index contributed by atoms with van der Waals surface area (Å²) in [5.41, 5.74) is 4.70. The molecule has 2 rings (SSSR count). The van der Waals surface area contributed by atoms with E-state index in [9.17, 15) is 0 Å². The summed E-state index contributed by atoms with van der Waals surface area (Å²) in [4.78, 5) is 2.16. The van der Waals surface area contributed by atoms with Gasteiger partial charge >= 0.3 is 0 Å². The van der Waals surface area contributed by atoms with Gasteiger partial charge in [-0.2, -0.15) is 0 Å². The molecule has 4 heteroatoms. The van der Waals surface area contributed by atoms with E-state index in [1.165, 1.54) is 16.7 Å². The molecule has 2 aromatic rings. The molecule has 0 spiro atoms. The van der Waals surface area contributed by atoms with Crippen LogP contribution in [0.2, 0.25) is 0 Å². The first-order valence-corrected chi connectivity index (χ1v) is 8.20. The summed E-state index contributed by atoms with van der Waals surface area (Å²) in [6, 6.07) is 16.9. The maximum absolute atomic E-state index is 5.51. The molecule has 2 aromatic carbocycles. The smallest absolute Gasteiger partial charge is 0.171 e. The minimum Gasteiger partial charge on any atom is -0.354 e. The summed E-state index contributed by atoms with van der Waals surface area (Å²) < 4.78 is 0. The quantitative estimate of drug-likeness (QED) is 0.815. The second-order valence-corrected chi connectivity index (χ2v) is 6.61. The Kier molecular flexibility index (Phi) is 6.13. The number of anilines is 1. The van der Waals surface area contributed by atoms with E-state index >= 15 is 0 Å². The van der Waals surface area contributed by atoms with Crippen LogP contribution in [-0.4, -0.2) is 30.7 Å². The Bertz CT molecular complexity index is 633. The van der Waals surface area contributed by atoms with E-state index in [1.54, 1.807) is 0 Å². The van der Waals surface area contributed by atoms with Crippen LogP contribution in [-0.2, 0) is 0 Å². The van der Waals surface area contributed by atoms with Crippen LogP contribution in [0, 0.1) is 13.8 Å². The van der Waals surface area contributed by atoms with Crippen molar-refractivity contribution in [3.8, 4) is 0 Å². The van der Waals surface area contributed by atoms with Crippen molar-refractivity contribution in [3.63, 3.8) is 0 Å². The van der Waals surface area contributed by atoms with Crippen LogP contribution in [0.15, 0.2) is 48.5 Å². The van der Waals surface area contributed by atoms with Gasteiger partial charge in [0, 0.05) is 12.2 Å². The van der Waals surface area contributed by atoms with Crippen LogP contribution in [0.3, 0.4) is 0 Å². The van der Waals surface area contributed by atoms with Gasteiger partial charge in [-0.1, -0.05) is 36.4 Å². The largest absolute Gasteiger partial charge is 0.354 e. The highest BCUT2D eigenvalue weighted by Gasteiger charge is 2.13. The van der Waals surface area contributed by atoms with Gasteiger partial charge < -0.3 is 15.5 Å². The van der Waals surface area contributed by atoms with Crippen molar-refractivity contribution in [2.45, 2.75) is 19.9 Å². The van der Waals surface area contributed by atoms with E-state index in [0.717, 1.165) is 12.2 Å². The molecule has 0 radical (unpaired) electrons. The molecule has 0 fully saturated rings. The molecule has 1 atom stereocenters. The van der Waals surface area contributed by atoms with Crippen molar-refractivity contribution in [2.75, 3.05) is 26.0 Å². The number of nitrogens with zero attached hydrogens (tertiary/aromatic N) is 1. The second-order valence-electron chi connectivity index (χ2n) is 6.20. The van der Waals surface area contributed by atoms with E-state index in [4.69, 9.17) is 12.2 Å². The molecule has 0 amide bonds. The van der Waals surface area contributed by atoms with E-state index < -0.39 is 0 Å². The summed E-state index contributed by atoms with van der Waals surface area (Å²) in [7, 11) is 4.13. The van der Waals surface area contributed by atoms with Gasteiger partial charge in [-0.3, -0.25) is 0 Å². The average Bonchev–Trinajstić information content (AvgIpc) is 2.45. The number of benzene rings is 2. The molecule has 0 aromatic heterocycles. The van der Waals surface area contributed by atoms with E-state index in [0.29, 0.717) is 5.11 Å². The summed E-state index contributed by atoms with van der Waals surface area (Å²) in [5, 5.41) is 7.37.